The van der Waals surface area contributed by atoms with Crippen molar-refractivity contribution < 1.29 is 8.23 Å². The molecule has 1 unspecified atom stereocenters. The molecule has 0 heterocycles. The molecule has 0 amide bonds. The fraction of sp³-hybridized carbons (Fsp3) is 0.889. The summed E-state index contributed by atoms with van der Waals surface area (Å²) in [6, 6.07) is 1.15. The van der Waals surface area contributed by atoms with Gasteiger partial charge in [0.15, 0.2) is 8.32 Å². The molecule has 0 aromatic carbocycles. The van der Waals surface area contributed by atoms with Crippen molar-refractivity contribution in [1.82, 2.24) is 9.88 Å². The summed E-state index contributed by atoms with van der Waals surface area (Å²) in [7, 11) is -6.20. The van der Waals surface area contributed by atoms with Crippen LogP contribution in [0.25, 0.3) is 0 Å². The molecule has 0 rings (SSSR count). The molecule has 0 saturated carbocycles. The number of nitrogens with zero attached hydrogens (tertiary/aromatic N) is 3. The van der Waals surface area contributed by atoms with Crippen LogP contribution in [0.15, 0.2) is 9.98 Å². The lowest BCUT2D eigenvalue weighted by molar-refractivity contribution is 0.310. The van der Waals surface area contributed by atoms with Gasteiger partial charge in [-0.2, -0.15) is 0 Å². The van der Waals surface area contributed by atoms with Gasteiger partial charge in [-0.05, 0) is 72.9 Å². The number of nitrogens with one attached hydrogen (secondary N) is 1. The van der Waals surface area contributed by atoms with Crippen LogP contribution in [-0.2, 0) is 8.23 Å². The number of likely N-dealkylation sites (N-methyl/N-ethyl adjacent to an activating group) is 1. The first-order valence-electron chi connectivity index (χ1n) is 10.1. The van der Waals surface area contributed by atoms with Gasteiger partial charge in [-0.1, -0.05) is 13.8 Å². The summed E-state index contributed by atoms with van der Waals surface area (Å²) in [4.78, 5) is 8.76. The Kier molecular flexibility index (Phi) is 11.7. The van der Waals surface area contributed by atoms with Crippen molar-refractivity contribution in [2.45, 2.75) is 79.1 Å². The Hall–Kier alpha value is -0.169. The lowest BCUT2D eigenvalue weighted by atomic mass is 10.3. The van der Waals surface area contributed by atoms with Gasteiger partial charge in [-0.25, -0.2) is 0 Å². The topological polar surface area (TPSA) is 58.5 Å². The van der Waals surface area contributed by atoms with Gasteiger partial charge in [-0.3, -0.25) is 15.3 Å². The molecule has 0 aliphatic rings. The molecule has 0 bridgehead atoms. The van der Waals surface area contributed by atoms with E-state index in [2.05, 4.69) is 93.6 Å². The standard InChI is InChI=1S/C18H44N4O2Si3/c1-12-20-16-21-18(4)15-25(6,7)23-27(10,11)24-26(8,9)22(13-2)14-17(3)19-5/h17,20H,5,12-16H2,1-4,6-11H3/b21-18+. The van der Waals surface area contributed by atoms with Crippen molar-refractivity contribution in [2.24, 2.45) is 9.98 Å². The Morgan fingerprint density at radius 3 is 2.19 bits per heavy atom. The van der Waals surface area contributed by atoms with Crippen molar-refractivity contribution in [2.75, 3.05) is 26.3 Å². The molecule has 0 aromatic rings. The van der Waals surface area contributed by atoms with E-state index < -0.39 is 25.4 Å². The van der Waals surface area contributed by atoms with Crippen LogP contribution in [-0.4, -0.2) is 74.7 Å². The van der Waals surface area contributed by atoms with Crippen LogP contribution in [0.4, 0.5) is 0 Å². The number of aliphatic imine (C=N–C) groups is 2. The zero-order chi connectivity index (χ0) is 21.3. The normalized spacial score (nSPS) is 15.3. The quantitative estimate of drug-likeness (QED) is 0.255. The molecular weight excluding hydrogens is 388 g/mol. The summed E-state index contributed by atoms with van der Waals surface area (Å²) >= 11 is 0. The van der Waals surface area contributed by atoms with E-state index in [0.717, 1.165) is 31.4 Å². The highest BCUT2D eigenvalue weighted by Crippen LogP contribution is 2.25. The lowest BCUT2D eigenvalue weighted by Gasteiger charge is -2.43. The minimum Gasteiger partial charge on any atom is -0.436 e. The van der Waals surface area contributed by atoms with E-state index >= 15 is 0 Å². The van der Waals surface area contributed by atoms with Crippen molar-refractivity contribution in [3.8, 4) is 0 Å². The number of hydrogen-bond donors (Lipinski definition) is 1. The maximum absolute atomic E-state index is 6.74. The van der Waals surface area contributed by atoms with Gasteiger partial charge in [0, 0.05) is 18.3 Å². The van der Waals surface area contributed by atoms with Crippen LogP contribution in [0.2, 0.25) is 45.3 Å². The highest BCUT2D eigenvalue weighted by Gasteiger charge is 2.42. The molecule has 6 nitrogen and oxygen atoms in total. The zero-order valence-electron chi connectivity index (χ0n) is 19.5. The maximum atomic E-state index is 6.74. The zero-order valence-corrected chi connectivity index (χ0v) is 22.5. The van der Waals surface area contributed by atoms with Gasteiger partial charge in [0.1, 0.15) is 0 Å². The number of hydrogen-bond acceptors (Lipinski definition) is 6. The van der Waals surface area contributed by atoms with Gasteiger partial charge < -0.3 is 12.8 Å². The smallest absolute Gasteiger partial charge is 0.312 e. The van der Waals surface area contributed by atoms with Gasteiger partial charge in [-0.15, -0.1) is 0 Å². The van der Waals surface area contributed by atoms with Crippen LogP contribution < -0.4 is 5.32 Å². The minimum absolute atomic E-state index is 0.215. The monoisotopic (exact) mass is 432 g/mol. The SMILES string of the molecule is C=NC(C)CN(CC)[Si](C)(C)O[Si](C)(C)O[Si](C)(C)C/C(C)=N/CNCC. The molecular formula is C18H44N4O2Si3. The molecule has 0 radical (unpaired) electrons. The third-order valence-electron chi connectivity index (χ3n) is 4.35. The first-order chi connectivity index (χ1) is 12.3. The van der Waals surface area contributed by atoms with Crippen LogP contribution >= 0.6 is 0 Å². The molecule has 0 spiro atoms. The molecule has 1 N–H and O–H groups in total. The minimum atomic E-state index is -2.25. The summed E-state index contributed by atoms with van der Waals surface area (Å²) in [6.07, 6.45) is 0. The van der Waals surface area contributed by atoms with Crippen molar-refractivity contribution in [3.05, 3.63) is 0 Å². The molecule has 0 fully saturated rings. The predicted octanol–water partition coefficient (Wildman–Crippen LogP) is 4.07. The highest BCUT2D eigenvalue weighted by molar-refractivity contribution is 6.88. The Morgan fingerprint density at radius 2 is 1.70 bits per heavy atom. The van der Waals surface area contributed by atoms with E-state index in [0.29, 0.717) is 6.67 Å². The van der Waals surface area contributed by atoms with Crippen LogP contribution in [0.3, 0.4) is 0 Å². The van der Waals surface area contributed by atoms with Gasteiger partial charge in [0.05, 0.1) is 12.7 Å². The average Bonchev–Trinajstić information content (AvgIpc) is 2.49. The van der Waals surface area contributed by atoms with Gasteiger partial charge >= 0.3 is 8.56 Å². The Morgan fingerprint density at radius 1 is 1.11 bits per heavy atom. The van der Waals surface area contributed by atoms with Crippen molar-refractivity contribution in [3.63, 3.8) is 0 Å². The van der Waals surface area contributed by atoms with Crippen molar-refractivity contribution in [1.29, 1.82) is 0 Å². The van der Waals surface area contributed by atoms with Gasteiger partial charge in [0.25, 0.3) is 8.48 Å². The van der Waals surface area contributed by atoms with E-state index in [-0.39, 0.29) is 6.04 Å². The summed E-state index contributed by atoms with van der Waals surface area (Å²) in [6.45, 7) is 29.1. The second-order valence-corrected chi connectivity index (χ2v) is 20.5. The summed E-state index contributed by atoms with van der Waals surface area (Å²) in [5.74, 6) is 0. The van der Waals surface area contributed by atoms with Crippen molar-refractivity contribution >= 4 is 37.8 Å². The molecule has 9 heteroatoms. The second kappa shape index (κ2) is 11.7. The highest BCUT2D eigenvalue weighted by atomic mass is 28.5. The van der Waals surface area contributed by atoms with Gasteiger partial charge in [0.2, 0.25) is 0 Å². The molecule has 0 aromatic heterocycles. The summed E-state index contributed by atoms with van der Waals surface area (Å²) < 4.78 is 15.9. The third kappa shape index (κ3) is 11.4. The first-order valence-corrected chi connectivity index (χ1v) is 18.9. The predicted molar refractivity (Wildman–Crippen MR) is 127 cm³/mol. The van der Waals surface area contributed by atoms with E-state index in [1.807, 2.05) is 0 Å². The van der Waals surface area contributed by atoms with E-state index in [9.17, 15) is 0 Å². The Balaban J connectivity index is 5.01. The molecule has 0 aliphatic heterocycles. The van der Waals surface area contributed by atoms with Crippen LogP contribution in [0.1, 0.15) is 27.7 Å². The second-order valence-electron chi connectivity index (χ2n) is 8.71. The fourth-order valence-electron chi connectivity index (χ4n) is 3.47. The molecule has 1 atom stereocenters. The van der Waals surface area contributed by atoms with E-state index in [1.54, 1.807) is 0 Å². The molecule has 0 aliphatic carbocycles. The van der Waals surface area contributed by atoms with Crippen LogP contribution in [0, 0.1) is 0 Å². The Bertz CT molecular complexity index is 485. The van der Waals surface area contributed by atoms with Crippen LogP contribution in [0.5, 0.6) is 0 Å². The molecule has 27 heavy (non-hydrogen) atoms. The molecule has 0 saturated heterocycles. The third-order valence-corrected chi connectivity index (χ3v) is 15.9. The fourth-order valence-corrected chi connectivity index (χ4v) is 17.8. The maximum Gasteiger partial charge on any atom is 0.312 e. The molecule has 160 valence electrons. The largest absolute Gasteiger partial charge is 0.436 e. The number of rotatable bonds is 14. The lowest BCUT2D eigenvalue weighted by Crippen LogP contribution is -2.60. The summed E-state index contributed by atoms with van der Waals surface area (Å²) in [5.41, 5.74) is 1.16. The van der Waals surface area contributed by atoms with E-state index in [1.165, 1.54) is 0 Å². The first kappa shape index (κ1) is 26.8. The summed E-state index contributed by atoms with van der Waals surface area (Å²) in [5, 5.41) is 3.24. The van der Waals surface area contributed by atoms with E-state index in [4.69, 9.17) is 8.23 Å². The average molecular weight is 433 g/mol. The Labute approximate surface area is 171 Å².